The molecule has 0 radical (unpaired) electrons. The van der Waals surface area contributed by atoms with E-state index in [9.17, 15) is 4.79 Å². The standard InChI is InChI=1S/C20H14N2O.H2Se/c23-19(14-7-2-1-3-8-14)13-15-9-6-12-18-20(15)22-17-11-5-4-10-16(17)21-18;/h1-8,10-13H,9H2;1H2. The van der Waals surface area contributed by atoms with Crippen LogP contribution in [0.2, 0.25) is 0 Å². The van der Waals surface area contributed by atoms with Gasteiger partial charge in [0, 0.05) is 5.56 Å². The van der Waals surface area contributed by atoms with Crippen LogP contribution in [0.15, 0.2) is 66.7 Å². The molecule has 0 amide bonds. The number of benzene rings is 2. The summed E-state index contributed by atoms with van der Waals surface area (Å²) in [6.45, 7) is 0. The van der Waals surface area contributed by atoms with Crippen LogP contribution in [-0.4, -0.2) is 32.8 Å². The van der Waals surface area contributed by atoms with Crippen molar-refractivity contribution in [2.75, 3.05) is 0 Å². The number of hydrogen-bond acceptors (Lipinski definition) is 3. The Kier molecular flexibility index (Phi) is 4.70. The molecule has 1 aliphatic carbocycles. The number of fused-ring (bicyclic) bond motifs is 2. The van der Waals surface area contributed by atoms with Crippen molar-refractivity contribution in [3.8, 4) is 0 Å². The third-order valence-electron chi connectivity index (χ3n) is 3.88. The summed E-state index contributed by atoms with van der Waals surface area (Å²) in [4.78, 5) is 21.8. The van der Waals surface area contributed by atoms with E-state index in [4.69, 9.17) is 4.98 Å². The first-order chi connectivity index (χ1) is 11.3. The first-order valence-corrected chi connectivity index (χ1v) is 7.55. The van der Waals surface area contributed by atoms with Gasteiger partial charge in [-0.1, -0.05) is 48.5 Å². The molecule has 118 valence electrons. The Morgan fingerprint density at radius 2 is 1.58 bits per heavy atom. The second kappa shape index (κ2) is 6.91. The zero-order valence-corrected chi connectivity index (χ0v) is 15.0. The molecule has 0 atom stereocenters. The molecule has 0 saturated heterocycles. The Morgan fingerprint density at radius 1 is 0.917 bits per heavy atom. The summed E-state index contributed by atoms with van der Waals surface area (Å²) in [6, 6.07) is 17.1. The van der Waals surface area contributed by atoms with Gasteiger partial charge in [0.2, 0.25) is 0 Å². The van der Waals surface area contributed by atoms with E-state index in [-0.39, 0.29) is 22.9 Å². The molecule has 0 aliphatic heterocycles. The fraction of sp³-hybridized carbons (Fsp3) is 0.0500. The molecule has 1 aliphatic rings. The SMILES string of the molecule is O=C(C=C1CC=Cc2nc3ccccc3nc21)c1ccccc1.[SeH2]. The second-order valence-electron chi connectivity index (χ2n) is 5.45. The molecule has 1 heterocycles. The number of hydrogen-bond donors (Lipinski definition) is 0. The van der Waals surface area contributed by atoms with Crippen molar-refractivity contribution in [2.45, 2.75) is 6.42 Å². The molecule has 0 N–H and O–H groups in total. The maximum atomic E-state index is 12.4. The number of para-hydroxylation sites is 2. The number of allylic oxidation sites excluding steroid dienone is 3. The predicted octanol–water partition coefficient (Wildman–Crippen LogP) is 3.40. The van der Waals surface area contributed by atoms with Crippen LogP contribution < -0.4 is 0 Å². The summed E-state index contributed by atoms with van der Waals surface area (Å²) < 4.78 is 0. The van der Waals surface area contributed by atoms with Crippen LogP contribution in [0.1, 0.15) is 28.2 Å². The fourth-order valence-electron chi connectivity index (χ4n) is 2.73. The molecule has 0 bridgehead atoms. The van der Waals surface area contributed by atoms with E-state index in [0.717, 1.165) is 28.0 Å². The first kappa shape index (κ1) is 16.3. The second-order valence-corrected chi connectivity index (χ2v) is 5.45. The van der Waals surface area contributed by atoms with Gasteiger partial charge in [-0.2, -0.15) is 0 Å². The molecule has 24 heavy (non-hydrogen) atoms. The predicted molar refractivity (Wildman–Crippen MR) is 100 cm³/mol. The van der Waals surface area contributed by atoms with Crippen molar-refractivity contribution in [2.24, 2.45) is 0 Å². The van der Waals surface area contributed by atoms with E-state index < -0.39 is 0 Å². The molecular formula is C20H16N2OSe. The third-order valence-corrected chi connectivity index (χ3v) is 3.88. The summed E-state index contributed by atoms with van der Waals surface area (Å²) in [5.41, 5.74) is 4.93. The number of nitrogens with zero attached hydrogens (tertiary/aromatic N) is 2. The third kappa shape index (κ3) is 3.07. The van der Waals surface area contributed by atoms with Gasteiger partial charge in [-0.05, 0) is 36.3 Å². The molecule has 3 nitrogen and oxygen atoms in total. The van der Waals surface area contributed by atoms with Gasteiger partial charge in [0.05, 0.1) is 22.4 Å². The van der Waals surface area contributed by atoms with E-state index in [1.807, 2.05) is 66.7 Å². The van der Waals surface area contributed by atoms with Crippen LogP contribution >= 0.6 is 0 Å². The van der Waals surface area contributed by atoms with E-state index in [1.165, 1.54) is 0 Å². The number of ketones is 1. The Bertz CT molecular complexity index is 962. The molecule has 0 unspecified atom stereocenters. The van der Waals surface area contributed by atoms with E-state index in [0.29, 0.717) is 12.0 Å². The van der Waals surface area contributed by atoms with Gasteiger partial charge in [0.1, 0.15) is 0 Å². The molecule has 1 aromatic heterocycles. The van der Waals surface area contributed by atoms with Crippen LogP contribution in [0.3, 0.4) is 0 Å². The van der Waals surface area contributed by atoms with E-state index in [2.05, 4.69) is 4.98 Å². The summed E-state index contributed by atoms with van der Waals surface area (Å²) in [6.07, 6.45) is 6.37. The molecule has 2 aromatic carbocycles. The fourth-order valence-corrected chi connectivity index (χ4v) is 2.73. The minimum atomic E-state index is -0.00295. The summed E-state index contributed by atoms with van der Waals surface area (Å²) in [7, 11) is 0. The summed E-state index contributed by atoms with van der Waals surface area (Å²) in [5.74, 6) is -0.00295. The molecule has 4 rings (SSSR count). The van der Waals surface area contributed by atoms with Gasteiger partial charge in [-0.15, -0.1) is 0 Å². The number of carbonyl (C=O) groups is 1. The number of rotatable bonds is 2. The van der Waals surface area contributed by atoms with Crippen molar-refractivity contribution in [3.05, 3.63) is 83.7 Å². The average Bonchev–Trinajstić information content (AvgIpc) is 2.61. The number of aromatic nitrogens is 2. The van der Waals surface area contributed by atoms with Crippen molar-refractivity contribution in [1.29, 1.82) is 0 Å². The maximum absolute atomic E-state index is 12.4. The Hall–Kier alpha value is -2.55. The molecule has 0 spiro atoms. The van der Waals surface area contributed by atoms with Crippen molar-refractivity contribution < 1.29 is 4.79 Å². The Balaban J connectivity index is 0.00000169. The van der Waals surface area contributed by atoms with Crippen molar-refractivity contribution >= 4 is 45.5 Å². The van der Waals surface area contributed by atoms with E-state index in [1.54, 1.807) is 6.08 Å². The average molecular weight is 379 g/mol. The molecule has 3 aromatic rings. The van der Waals surface area contributed by atoms with E-state index >= 15 is 0 Å². The Labute approximate surface area is 150 Å². The topological polar surface area (TPSA) is 42.9 Å². The summed E-state index contributed by atoms with van der Waals surface area (Å²) in [5, 5.41) is 0. The quantitative estimate of drug-likeness (QED) is 0.389. The van der Waals surface area contributed by atoms with Crippen LogP contribution in [-0.2, 0) is 0 Å². The van der Waals surface area contributed by atoms with Gasteiger partial charge >= 0.3 is 17.1 Å². The minimum absolute atomic E-state index is 0. The Morgan fingerprint density at radius 3 is 2.33 bits per heavy atom. The van der Waals surface area contributed by atoms with Gasteiger partial charge < -0.3 is 0 Å². The van der Waals surface area contributed by atoms with Gasteiger partial charge in [-0.25, -0.2) is 9.97 Å². The van der Waals surface area contributed by atoms with Crippen LogP contribution in [0.5, 0.6) is 0 Å². The van der Waals surface area contributed by atoms with Crippen LogP contribution in [0.25, 0.3) is 22.7 Å². The summed E-state index contributed by atoms with van der Waals surface area (Å²) >= 11 is 0. The van der Waals surface area contributed by atoms with Crippen molar-refractivity contribution in [3.63, 3.8) is 0 Å². The van der Waals surface area contributed by atoms with Gasteiger partial charge in [0.25, 0.3) is 0 Å². The zero-order chi connectivity index (χ0) is 15.6. The normalized spacial score (nSPS) is 14.2. The van der Waals surface area contributed by atoms with Crippen LogP contribution in [0.4, 0.5) is 0 Å². The van der Waals surface area contributed by atoms with Gasteiger partial charge in [-0.3, -0.25) is 4.79 Å². The van der Waals surface area contributed by atoms with Crippen LogP contribution in [0, 0.1) is 0 Å². The van der Waals surface area contributed by atoms with Gasteiger partial charge in [0.15, 0.2) is 5.78 Å². The van der Waals surface area contributed by atoms with Crippen molar-refractivity contribution in [1.82, 2.24) is 9.97 Å². The number of carbonyl (C=O) groups excluding carboxylic acids is 1. The first-order valence-electron chi connectivity index (χ1n) is 7.55. The monoisotopic (exact) mass is 380 g/mol. The zero-order valence-electron chi connectivity index (χ0n) is 12.9. The molecule has 0 fully saturated rings. The molecular weight excluding hydrogens is 363 g/mol. The molecule has 0 saturated carbocycles. The molecule has 4 heteroatoms.